The number of hydrogen-bond acceptors (Lipinski definition) is 6. The van der Waals surface area contributed by atoms with E-state index >= 15 is 0 Å². The number of amides is 1. The van der Waals surface area contributed by atoms with Crippen LogP contribution in [0.15, 0.2) is 42.6 Å². The minimum atomic E-state index is -0.757. The van der Waals surface area contributed by atoms with Crippen LogP contribution < -0.4 is 5.32 Å². The number of esters is 1. The van der Waals surface area contributed by atoms with Gasteiger partial charge in [-0.25, -0.2) is 14.3 Å². The molecule has 8 nitrogen and oxygen atoms in total. The zero-order chi connectivity index (χ0) is 19.2. The van der Waals surface area contributed by atoms with E-state index in [1.54, 1.807) is 12.3 Å². The van der Waals surface area contributed by atoms with Crippen LogP contribution in [-0.2, 0) is 16.0 Å². The predicted octanol–water partition coefficient (Wildman–Crippen LogP) is 1.73. The Balaban J connectivity index is 1.46. The van der Waals surface area contributed by atoms with Crippen LogP contribution in [0.1, 0.15) is 35.2 Å². The number of hydrogen-bond donors (Lipinski definition) is 1. The van der Waals surface area contributed by atoms with Crippen molar-refractivity contribution < 1.29 is 14.3 Å². The molecule has 0 spiro atoms. The number of fused-ring (bicyclic) bond motifs is 1. The zero-order valence-electron chi connectivity index (χ0n) is 15.3. The molecule has 1 amide bonds. The highest BCUT2D eigenvalue weighted by Crippen LogP contribution is 2.05. The maximum Gasteiger partial charge on any atom is 0.378 e. The molecule has 2 heterocycles. The van der Waals surface area contributed by atoms with Gasteiger partial charge in [0.1, 0.15) is 0 Å². The van der Waals surface area contributed by atoms with Crippen molar-refractivity contribution in [3.63, 3.8) is 0 Å². The fourth-order valence-corrected chi connectivity index (χ4v) is 2.61. The van der Waals surface area contributed by atoms with Crippen molar-refractivity contribution in [1.82, 2.24) is 24.9 Å². The van der Waals surface area contributed by atoms with Gasteiger partial charge in [-0.15, -0.1) is 5.10 Å². The molecule has 0 aliphatic heterocycles. The maximum absolute atomic E-state index is 12.1. The first kappa shape index (κ1) is 18.5. The number of benzene rings is 1. The van der Waals surface area contributed by atoms with E-state index in [9.17, 15) is 9.59 Å². The van der Waals surface area contributed by atoms with E-state index in [0.717, 1.165) is 18.5 Å². The second-order valence-corrected chi connectivity index (χ2v) is 6.30. The van der Waals surface area contributed by atoms with E-state index in [1.807, 2.05) is 32.0 Å². The first-order valence-corrected chi connectivity index (χ1v) is 8.71. The fourth-order valence-electron chi connectivity index (χ4n) is 2.61. The maximum atomic E-state index is 12.1. The molecule has 1 aromatic carbocycles. The molecular formula is C19H21N5O3. The number of aromatic nitrogens is 4. The summed E-state index contributed by atoms with van der Waals surface area (Å²) in [5, 5.41) is 6.87. The molecule has 1 atom stereocenters. The Labute approximate surface area is 156 Å². The summed E-state index contributed by atoms with van der Waals surface area (Å²) >= 11 is 0. The van der Waals surface area contributed by atoms with Gasteiger partial charge in [0.2, 0.25) is 0 Å². The number of ether oxygens (including phenoxy) is 1. The number of carbonyl (C=O) groups excluding carboxylic acids is 2. The Morgan fingerprint density at radius 2 is 2.00 bits per heavy atom. The highest BCUT2D eigenvalue weighted by molar-refractivity contribution is 5.88. The van der Waals surface area contributed by atoms with Gasteiger partial charge >= 0.3 is 5.97 Å². The van der Waals surface area contributed by atoms with Gasteiger partial charge in [-0.2, -0.15) is 4.98 Å². The number of rotatable bonds is 7. The molecule has 1 N–H and O–H groups in total. The molecule has 0 bridgehead atoms. The van der Waals surface area contributed by atoms with Gasteiger partial charge in [0, 0.05) is 17.9 Å². The van der Waals surface area contributed by atoms with Crippen LogP contribution in [0.5, 0.6) is 0 Å². The van der Waals surface area contributed by atoms with Gasteiger partial charge in [-0.3, -0.25) is 4.79 Å². The average molecular weight is 367 g/mol. The molecule has 0 aliphatic carbocycles. The predicted molar refractivity (Wildman–Crippen MR) is 98.2 cm³/mol. The van der Waals surface area contributed by atoms with Crippen molar-refractivity contribution in [2.45, 2.75) is 32.7 Å². The Kier molecular flexibility index (Phi) is 5.75. The van der Waals surface area contributed by atoms with E-state index in [4.69, 9.17) is 4.74 Å². The molecule has 3 aromatic rings. The number of carbonyl (C=O) groups is 2. The summed E-state index contributed by atoms with van der Waals surface area (Å²) in [5.41, 5.74) is 2.00. The number of nitrogens with zero attached hydrogens (tertiary/aromatic N) is 4. The monoisotopic (exact) mass is 367 g/mol. The summed E-state index contributed by atoms with van der Waals surface area (Å²) in [6.07, 6.45) is 3.24. The SMILES string of the molecule is Cc1ccnc2nc(C(=O)OCC(=O)NC(C)CCc3ccccc3)nn12. The number of nitrogens with one attached hydrogen (secondary N) is 1. The summed E-state index contributed by atoms with van der Waals surface area (Å²) in [6.45, 7) is 3.36. The Morgan fingerprint density at radius 3 is 2.74 bits per heavy atom. The molecule has 3 rings (SSSR count). The second kappa shape index (κ2) is 8.39. The lowest BCUT2D eigenvalue weighted by Crippen LogP contribution is -2.36. The Morgan fingerprint density at radius 1 is 1.22 bits per heavy atom. The van der Waals surface area contributed by atoms with Gasteiger partial charge < -0.3 is 10.1 Å². The largest absolute Gasteiger partial charge is 0.450 e. The second-order valence-electron chi connectivity index (χ2n) is 6.30. The normalized spacial score (nSPS) is 11.9. The van der Waals surface area contributed by atoms with Gasteiger partial charge in [0.25, 0.3) is 17.5 Å². The highest BCUT2D eigenvalue weighted by Gasteiger charge is 2.17. The van der Waals surface area contributed by atoms with Crippen LogP contribution in [0.2, 0.25) is 0 Å². The molecule has 0 saturated heterocycles. The molecule has 140 valence electrons. The van der Waals surface area contributed by atoms with Crippen molar-refractivity contribution in [2.75, 3.05) is 6.61 Å². The molecule has 8 heteroatoms. The minimum Gasteiger partial charge on any atom is -0.450 e. The van der Waals surface area contributed by atoms with Gasteiger partial charge in [0.05, 0.1) is 0 Å². The van der Waals surface area contributed by atoms with E-state index in [1.165, 1.54) is 10.1 Å². The van der Waals surface area contributed by atoms with Crippen molar-refractivity contribution >= 4 is 17.7 Å². The molecule has 0 fully saturated rings. The van der Waals surface area contributed by atoms with Crippen molar-refractivity contribution in [2.24, 2.45) is 0 Å². The number of aryl methyl sites for hydroxylation is 2. The molecule has 27 heavy (non-hydrogen) atoms. The third kappa shape index (κ3) is 4.87. The summed E-state index contributed by atoms with van der Waals surface area (Å²) < 4.78 is 6.45. The van der Waals surface area contributed by atoms with E-state index in [2.05, 4.69) is 32.5 Å². The average Bonchev–Trinajstić information content (AvgIpc) is 3.11. The van der Waals surface area contributed by atoms with E-state index < -0.39 is 5.97 Å². The standard InChI is InChI=1S/C19H21N5O3/c1-13(8-9-15-6-4-3-5-7-15)21-16(25)12-27-18(26)17-22-19-20-11-10-14(2)24(19)23-17/h3-7,10-11,13H,8-9,12H2,1-2H3,(H,21,25). The smallest absolute Gasteiger partial charge is 0.378 e. The topological polar surface area (TPSA) is 98.5 Å². The molecule has 2 aromatic heterocycles. The third-order valence-corrected chi connectivity index (χ3v) is 4.06. The minimum absolute atomic E-state index is 0.0309. The van der Waals surface area contributed by atoms with Gasteiger partial charge in [-0.1, -0.05) is 30.3 Å². The lowest BCUT2D eigenvalue weighted by molar-refractivity contribution is -0.124. The lowest BCUT2D eigenvalue weighted by Gasteiger charge is -2.13. The summed E-state index contributed by atoms with van der Waals surface area (Å²) in [4.78, 5) is 32.1. The quantitative estimate of drug-likeness (QED) is 0.639. The Hall–Kier alpha value is -3.29. The van der Waals surface area contributed by atoms with Gasteiger partial charge in [-0.05, 0) is 38.3 Å². The molecular weight excluding hydrogens is 346 g/mol. The van der Waals surface area contributed by atoms with Crippen LogP contribution in [0, 0.1) is 6.92 Å². The van der Waals surface area contributed by atoms with Crippen molar-refractivity contribution in [1.29, 1.82) is 0 Å². The molecule has 0 radical (unpaired) electrons. The summed E-state index contributed by atoms with van der Waals surface area (Å²) in [7, 11) is 0. The molecule has 0 aliphatic rings. The highest BCUT2D eigenvalue weighted by atomic mass is 16.5. The van der Waals surface area contributed by atoms with E-state index in [0.29, 0.717) is 5.78 Å². The molecule has 1 unspecified atom stereocenters. The van der Waals surface area contributed by atoms with Crippen LogP contribution in [0.3, 0.4) is 0 Å². The van der Waals surface area contributed by atoms with Crippen LogP contribution in [0.4, 0.5) is 0 Å². The zero-order valence-corrected chi connectivity index (χ0v) is 15.3. The Bertz CT molecular complexity index is 939. The van der Waals surface area contributed by atoms with Crippen molar-refractivity contribution in [3.05, 3.63) is 59.7 Å². The van der Waals surface area contributed by atoms with Crippen molar-refractivity contribution in [3.8, 4) is 0 Å². The lowest BCUT2D eigenvalue weighted by atomic mass is 10.1. The summed E-state index contributed by atoms with van der Waals surface area (Å²) in [5.74, 6) is -0.934. The van der Waals surface area contributed by atoms with Crippen LogP contribution >= 0.6 is 0 Å². The first-order valence-electron chi connectivity index (χ1n) is 8.71. The third-order valence-electron chi connectivity index (χ3n) is 4.06. The van der Waals surface area contributed by atoms with Gasteiger partial charge in [0.15, 0.2) is 6.61 Å². The molecule has 0 saturated carbocycles. The fraction of sp³-hybridized carbons (Fsp3) is 0.316. The van der Waals surface area contributed by atoms with E-state index in [-0.39, 0.29) is 24.4 Å². The van der Waals surface area contributed by atoms with Crippen LogP contribution in [0.25, 0.3) is 5.78 Å². The summed E-state index contributed by atoms with van der Waals surface area (Å²) in [6, 6.07) is 11.8. The van der Waals surface area contributed by atoms with Crippen LogP contribution in [-0.4, -0.2) is 44.1 Å². The first-order chi connectivity index (χ1) is 13.0.